The summed E-state index contributed by atoms with van der Waals surface area (Å²) in [5, 5.41) is 1.32. The molecule has 1 aromatic rings. The molecule has 0 bridgehead atoms. The molecule has 16 heavy (non-hydrogen) atoms. The predicted molar refractivity (Wildman–Crippen MR) is 68.6 cm³/mol. The van der Waals surface area contributed by atoms with Gasteiger partial charge in [-0.05, 0) is 25.7 Å². The second-order valence-electron chi connectivity index (χ2n) is 4.36. The Morgan fingerprint density at radius 3 is 3.06 bits per heavy atom. The van der Waals surface area contributed by atoms with Crippen LogP contribution >= 0.6 is 24.4 Å². The number of aromatic nitrogens is 2. The molecule has 0 fully saturated rings. The van der Waals surface area contributed by atoms with Crippen molar-refractivity contribution in [2.24, 2.45) is 0 Å². The van der Waals surface area contributed by atoms with Crippen LogP contribution in [0.15, 0.2) is 9.95 Å². The molecule has 1 unspecified atom stereocenters. The highest BCUT2D eigenvalue weighted by atomic mass is 32.2. The van der Waals surface area contributed by atoms with Crippen molar-refractivity contribution in [1.29, 1.82) is 0 Å². The van der Waals surface area contributed by atoms with Gasteiger partial charge in [0, 0.05) is 23.1 Å². The Morgan fingerprint density at radius 1 is 1.44 bits per heavy atom. The largest absolute Gasteiger partial charge is 0.286 e. The summed E-state index contributed by atoms with van der Waals surface area (Å²) >= 11 is 6.00. The van der Waals surface area contributed by atoms with E-state index in [1.165, 1.54) is 6.42 Å². The molecule has 0 amide bonds. The maximum absolute atomic E-state index is 12.3. The summed E-state index contributed by atoms with van der Waals surface area (Å²) in [6, 6.07) is 0. The highest BCUT2D eigenvalue weighted by Crippen LogP contribution is 2.31. The molecule has 0 radical (unpaired) electrons. The smallest absolute Gasteiger partial charge is 0.257 e. The van der Waals surface area contributed by atoms with Gasteiger partial charge in [0.2, 0.25) is 0 Å². The number of rotatable bonds is 1. The van der Waals surface area contributed by atoms with Crippen LogP contribution in [0.4, 0.5) is 0 Å². The van der Waals surface area contributed by atoms with Crippen LogP contribution < -0.4 is 5.56 Å². The minimum atomic E-state index is 0.205. The Labute approximate surface area is 104 Å². The fraction of sp³-hybridized carbons (Fsp3) is 0.636. The normalized spacial score (nSPS) is 22.9. The van der Waals surface area contributed by atoms with Gasteiger partial charge in [0.05, 0.1) is 5.69 Å². The topological polar surface area (TPSA) is 34.9 Å². The number of nitrogens with zero attached hydrogens (tertiary/aromatic N) is 2. The zero-order chi connectivity index (χ0) is 11.1. The summed E-state index contributed by atoms with van der Waals surface area (Å²) in [4.78, 5) is 16.9. The van der Waals surface area contributed by atoms with Crippen LogP contribution in [-0.2, 0) is 19.4 Å². The van der Waals surface area contributed by atoms with Crippen molar-refractivity contribution in [2.75, 3.05) is 5.75 Å². The minimum Gasteiger partial charge on any atom is -0.286 e. The molecule has 2 aliphatic rings. The zero-order valence-electron chi connectivity index (χ0n) is 8.98. The second-order valence-corrected chi connectivity index (χ2v) is 6.00. The summed E-state index contributed by atoms with van der Waals surface area (Å²) in [7, 11) is 0. The second kappa shape index (κ2) is 4.11. The van der Waals surface area contributed by atoms with Gasteiger partial charge < -0.3 is 0 Å². The van der Waals surface area contributed by atoms with E-state index >= 15 is 0 Å². The van der Waals surface area contributed by atoms with Crippen molar-refractivity contribution in [1.82, 2.24) is 9.55 Å². The fourth-order valence-corrected chi connectivity index (χ4v) is 3.79. The van der Waals surface area contributed by atoms with Crippen LogP contribution in [0, 0.1) is 0 Å². The van der Waals surface area contributed by atoms with Gasteiger partial charge in [-0.1, -0.05) is 11.8 Å². The van der Waals surface area contributed by atoms with Gasteiger partial charge in [-0.3, -0.25) is 9.36 Å². The predicted octanol–water partition coefficient (Wildman–Crippen LogP) is 1.53. The van der Waals surface area contributed by atoms with Gasteiger partial charge in [0.1, 0.15) is 0 Å². The molecule has 0 saturated heterocycles. The Morgan fingerprint density at radius 2 is 2.25 bits per heavy atom. The monoisotopic (exact) mass is 254 g/mol. The van der Waals surface area contributed by atoms with Crippen molar-refractivity contribution in [2.45, 2.75) is 42.6 Å². The molecule has 1 atom stereocenters. The molecule has 0 spiro atoms. The van der Waals surface area contributed by atoms with Crippen LogP contribution in [-0.4, -0.2) is 20.6 Å². The van der Waals surface area contributed by atoms with Gasteiger partial charge in [0.15, 0.2) is 5.16 Å². The number of aryl methyl sites for hydroxylation is 1. The maximum Gasteiger partial charge on any atom is 0.257 e. The van der Waals surface area contributed by atoms with Crippen LogP contribution in [0.1, 0.15) is 24.1 Å². The maximum atomic E-state index is 12.3. The molecule has 3 rings (SSSR count). The van der Waals surface area contributed by atoms with E-state index in [2.05, 4.69) is 17.6 Å². The van der Waals surface area contributed by atoms with Crippen LogP contribution in [0.25, 0.3) is 0 Å². The quantitative estimate of drug-likeness (QED) is 0.610. The standard InChI is InChI=1S/C11H14N2OS2/c14-10-8-3-1-2-4-9(8)12-11-13(10)5-7(6-15)16-11/h7,15H,1-6H2. The fourth-order valence-electron chi connectivity index (χ4n) is 2.40. The molecule has 0 aromatic carbocycles. The molecular weight excluding hydrogens is 240 g/mol. The molecular formula is C11H14N2OS2. The lowest BCUT2D eigenvalue weighted by atomic mass is 9.97. The molecule has 1 aromatic heterocycles. The van der Waals surface area contributed by atoms with Crippen LogP contribution in [0.3, 0.4) is 0 Å². The minimum absolute atomic E-state index is 0.205. The molecule has 0 saturated carbocycles. The third-order valence-electron chi connectivity index (χ3n) is 3.27. The van der Waals surface area contributed by atoms with E-state index in [1.54, 1.807) is 11.8 Å². The molecule has 0 N–H and O–H groups in total. The van der Waals surface area contributed by atoms with E-state index in [-0.39, 0.29) is 5.56 Å². The highest BCUT2D eigenvalue weighted by Gasteiger charge is 2.27. The molecule has 3 nitrogen and oxygen atoms in total. The summed E-state index contributed by atoms with van der Waals surface area (Å²) in [6.07, 6.45) is 4.19. The SMILES string of the molecule is O=c1c2c(nc3n1CC(CS)S3)CCCC2. The number of thiol groups is 1. The lowest BCUT2D eigenvalue weighted by Gasteiger charge is -2.15. The number of hydrogen-bond donors (Lipinski definition) is 1. The Hall–Kier alpha value is -0.420. The summed E-state index contributed by atoms with van der Waals surface area (Å²) in [5.41, 5.74) is 2.22. The lowest BCUT2D eigenvalue weighted by molar-refractivity contribution is 0.568. The van der Waals surface area contributed by atoms with Crippen LogP contribution in [0.2, 0.25) is 0 Å². The molecule has 2 heterocycles. The van der Waals surface area contributed by atoms with E-state index in [1.807, 2.05) is 4.57 Å². The van der Waals surface area contributed by atoms with Crippen molar-refractivity contribution in [3.8, 4) is 0 Å². The Bertz CT molecular complexity index is 484. The lowest BCUT2D eigenvalue weighted by Crippen LogP contribution is -2.29. The average molecular weight is 254 g/mol. The average Bonchev–Trinajstić information content (AvgIpc) is 2.73. The first-order valence-electron chi connectivity index (χ1n) is 5.69. The molecule has 1 aliphatic carbocycles. The number of hydrogen-bond acceptors (Lipinski definition) is 4. The zero-order valence-corrected chi connectivity index (χ0v) is 10.7. The Balaban J connectivity index is 2.10. The number of fused-ring (bicyclic) bond motifs is 2. The molecule has 86 valence electrons. The summed E-state index contributed by atoms with van der Waals surface area (Å²) in [5.74, 6) is 0.804. The summed E-state index contributed by atoms with van der Waals surface area (Å²) < 4.78 is 1.84. The third kappa shape index (κ3) is 1.61. The van der Waals surface area contributed by atoms with Crippen molar-refractivity contribution >= 4 is 24.4 Å². The van der Waals surface area contributed by atoms with E-state index < -0.39 is 0 Å². The molecule has 1 aliphatic heterocycles. The van der Waals surface area contributed by atoms with Crippen molar-refractivity contribution in [3.05, 3.63) is 21.6 Å². The van der Waals surface area contributed by atoms with Crippen molar-refractivity contribution in [3.63, 3.8) is 0 Å². The Kier molecular flexibility index (Phi) is 2.75. The number of thioether (sulfide) groups is 1. The first-order valence-corrected chi connectivity index (χ1v) is 7.21. The van der Waals surface area contributed by atoms with E-state index in [0.717, 1.165) is 48.0 Å². The van der Waals surface area contributed by atoms with Crippen LogP contribution in [0.5, 0.6) is 0 Å². The third-order valence-corrected chi connectivity index (χ3v) is 5.12. The van der Waals surface area contributed by atoms with E-state index in [4.69, 9.17) is 0 Å². The van der Waals surface area contributed by atoms with Gasteiger partial charge >= 0.3 is 0 Å². The van der Waals surface area contributed by atoms with Gasteiger partial charge in [-0.2, -0.15) is 12.6 Å². The highest BCUT2D eigenvalue weighted by molar-refractivity contribution is 8.00. The van der Waals surface area contributed by atoms with Gasteiger partial charge in [0.25, 0.3) is 5.56 Å². The summed E-state index contributed by atoms with van der Waals surface area (Å²) in [6.45, 7) is 0.780. The van der Waals surface area contributed by atoms with Gasteiger partial charge in [-0.25, -0.2) is 4.98 Å². The van der Waals surface area contributed by atoms with Gasteiger partial charge in [-0.15, -0.1) is 0 Å². The molecule has 5 heteroatoms. The first-order chi connectivity index (χ1) is 7.79. The van der Waals surface area contributed by atoms with E-state index in [0.29, 0.717) is 5.25 Å². The first kappa shape index (κ1) is 10.7. The van der Waals surface area contributed by atoms with E-state index in [9.17, 15) is 4.79 Å². The van der Waals surface area contributed by atoms with Crippen molar-refractivity contribution < 1.29 is 0 Å².